The molecule has 1 aliphatic heterocycles. The van der Waals surface area contributed by atoms with E-state index in [-0.39, 0.29) is 5.54 Å². The van der Waals surface area contributed by atoms with Crippen LogP contribution in [0.4, 0.5) is 0 Å². The third kappa shape index (κ3) is 3.43. The minimum atomic E-state index is -0.376. The van der Waals surface area contributed by atoms with E-state index in [9.17, 15) is 5.21 Å². The highest BCUT2D eigenvalue weighted by Crippen LogP contribution is 2.17. The Morgan fingerprint density at radius 3 is 2.42 bits per heavy atom. The van der Waals surface area contributed by atoms with Crippen molar-refractivity contribution in [3.63, 3.8) is 0 Å². The lowest BCUT2D eigenvalue weighted by atomic mass is 10.1. The number of hydrogen-bond acceptors (Lipinski definition) is 4. The van der Waals surface area contributed by atoms with Gasteiger partial charge in [-0.25, -0.2) is 9.98 Å². The first-order chi connectivity index (χ1) is 8.86. The number of halogens is 1. The minimum absolute atomic E-state index is 0.376. The predicted molar refractivity (Wildman–Crippen MR) is 77.9 cm³/mol. The molecular weight excluding hydrogens is 262 g/mol. The normalized spacial score (nSPS) is 16.9. The Bertz CT molecular complexity index is 553. The molecule has 0 aromatic heterocycles. The summed E-state index contributed by atoms with van der Waals surface area (Å²) < 4.78 is 0. The van der Waals surface area contributed by atoms with Gasteiger partial charge in [-0.15, -0.1) is 0 Å². The Morgan fingerprint density at radius 2 is 1.84 bits per heavy atom. The van der Waals surface area contributed by atoms with Crippen molar-refractivity contribution in [3.8, 4) is 0 Å². The molecule has 0 aliphatic carbocycles. The zero-order valence-corrected chi connectivity index (χ0v) is 11.9. The molecule has 100 valence electrons. The summed E-state index contributed by atoms with van der Waals surface area (Å²) in [5, 5.41) is 11.7. The molecule has 1 aliphatic rings. The Morgan fingerprint density at radius 1 is 1.21 bits per heavy atom. The van der Waals surface area contributed by atoms with Crippen LogP contribution >= 0.6 is 11.6 Å². The molecule has 0 saturated heterocycles. The molecule has 2 rings (SSSR count). The van der Waals surface area contributed by atoms with E-state index >= 15 is 0 Å². The third-order valence-electron chi connectivity index (χ3n) is 2.60. The lowest BCUT2D eigenvalue weighted by Gasteiger charge is -2.27. The molecule has 0 unspecified atom stereocenters. The summed E-state index contributed by atoms with van der Waals surface area (Å²) in [6.45, 7) is 5.71. The molecule has 0 radical (unpaired) electrons. The summed E-state index contributed by atoms with van der Waals surface area (Å²) in [4.78, 5) is 8.58. The van der Waals surface area contributed by atoms with Crippen molar-refractivity contribution in [2.75, 3.05) is 0 Å². The standard InChI is InChI=1S/C14H16ClN3O/c1-14(2,3)18(19)9-12-8-16-13(17-12)10-4-6-11(15)7-5-10/h4-9,19H,1-3H3/b12-9+. The second-order valence-electron chi connectivity index (χ2n) is 5.27. The van der Waals surface area contributed by atoms with Gasteiger partial charge in [-0.05, 0) is 45.0 Å². The van der Waals surface area contributed by atoms with Crippen LogP contribution in [0.1, 0.15) is 26.3 Å². The van der Waals surface area contributed by atoms with Crippen LogP contribution in [0.2, 0.25) is 5.02 Å². The summed E-state index contributed by atoms with van der Waals surface area (Å²) >= 11 is 5.84. The molecule has 1 aromatic rings. The smallest absolute Gasteiger partial charge is 0.159 e. The summed E-state index contributed by atoms with van der Waals surface area (Å²) in [5.74, 6) is 0.616. The van der Waals surface area contributed by atoms with Crippen molar-refractivity contribution >= 4 is 23.7 Å². The van der Waals surface area contributed by atoms with Crippen LogP contribution in [0, 0.1) is 0 Å². The minimum Gasteiger partial charge on any atom is -0.288 e. The maximum Gasteiger partial charge on any atom is 0.159 e. The van der Waals surface area contributed by atoms with Gasteiger partial charge in [0.2, 0.25) is 0 Å². The van der Waals surface area contributed by atoms with Crippen molar-refractivity contribution < 1.29 is 5.21 Å². The van der Waals surface area contributed by atoms with Crippen LogP contribution in [-0.2, 0) is 0 Å². The van der Waals surface area contributed by atoms with E-state index in [0.29, 0.717) is 16.6 Å². The van der Waals surface area contributed by atoms with Crippen LogP contribution < -0.4 is 0 Å². The fourth-order valence-corrected chi connectivity index (χ4v) is 1.55. The van der Waals surface area contributed by atoms with Gasteiger partial charge < -0.3 is 0 Å². The highest BCUT2D eigenvalue weighted by atomic mass is 35.5. The number of hydrogen-bond donors (Lipinski definition) is 1. The van der Waals surface area contributed by atoms with Crippen molar-refractivity contribution in [1.82, 2.24) is 5.06 Å². The van der Waals surface area contributed by atoms with Crippen LogP contribution in [0.3, 0.4) is 0 Å². The summed E-state index contributed by atoms with van der Waals surface area (Å²) in [6.07, 6.45) is 3.19. The molecule has 5 heteroatoms. The maximum atomic E-state index is 9.85. The van der Waals surface area contributed by atoms with Gasteiger partial charge in [0.05, 0.1) is 18.0 Å². The molecule has 1 aromatic carbocycles. The number of amidine groups is 1. The fraction of sp³-hybridized carbons (Fsp3) is 0.286. The number of nitrogens with zero attached hydrogens (tertiary/aromatic N) is 3. The second-order valence-corrected chi connectivity index (χ2v) is 5.71. The predicted octanol–water partition coefficient (Wildman–Crippen LogP) is 3.50. The average Bonchev–Trinajstić information content (AvgIpc) is 2.77. The zero-order valence-electron chi connectivity index (χ0n) is 11.1. The fourth-order valence-electron chi connectivity index (χ4n) is 1.43. The van der Waals surface area contributed by atoms with Gasteiger partial charge in [-0.3, -0.25) is 10.3 Å². The van der Waals surface area contributed by atoms with Crippen molar-refractivity contribution in [2.45, 2.75) is 26.3 Å². The van der Waals surface area contributed by atoms with Crippen LogP contribution in [0.15, 0.2) is 46.1 Å². The van der Waals surface area contributed by atoms with Crippen LogP contribution in [0.25, 0.3) is 0 Å². The largest absolute Gasteiger partial charge is 0.288 e. The van der Waals surface area contributed by atoms with Gasteiger partial charge in [-0.2, -0.15) is 0 Å². The molecule has 0 spiro atoms. The molecule has 0 saturated carbocycles. The number of rotatable bonds is 2. The zero-order chi connectivity index (χ0) is 14.0. The van der Waals surface area contributed by atoms with Gasteiger partial charge in [0.25, 0.3) is 0 Å². The molecule has 4 nitrogen and oxygen atoms in total. The number of allylic oxidation sites excluding steroid dienone is 1. The highest BCUT2D eigenvalue weighted by molar-refractivity contribution is 6.30. The quantitative estimate of drug-likeness (QED) is 0.841. The van der Waals surface area contributed by atoms with Crippen molar-refractivity contribution in [1.29, 1.82) is 0 Å². The van der Waals surface area contributed by atoms with Crippen molar-refractivity contribution in [2.24, 2.45) is 9.98 Å². The van der Waals surface area contributed by atoms with E-state index in [1.165, 1.54) is 0 Å². The summed E-state index contributed by atoms with van der Waals surface area (Å²) in [7, 11) is 0. The molecule has 0 amide bonds. The summed E-state index contributed by atoms with van der Waals surface area (Å²) in [6, 6.07) is 7.32. The van der Waals surface area contributed by atoms with E-state index in [4.69, 9.17) is 11.6 Å². The Labute approximate surface area is 117 Å². The first-order valence-electron chi connectivity index (χ1n) is 5.95. The number of benzene rings is 1. The van der Waals surface area contributed by atoms with Crippen molar-refractivity contribution in [3.05, 3.63) is 46.7 Å². The lowest BCUT2D eigenvalue weighted by molar-refractivity contribution is -0.110. The van der Waals surface area contributed by atoms with E-state index in [1.54, 1.807) is 24.5 Å². The van der Waals surface area contributed by atoms with Gasteiger partial charge in [0.1, 0.15) is 5.70 Å². The first-order valence-corrected chi connectivity index (χ1v) is 6.33. The van der Waals surface area contributed by atoms with E-state index in [0.717, 1.165) is 10.6 Å². The Kier molecular flexibility index (Phi) is 3.73. The Hall–Kier alpha value is -1.65. The van der Waals surface area contributed by atoms with E-state index in [2.05, 4.69) is 9.98 Å². The molecule has 19 heavy (non-hydrogen) atoms. The molecular formula is C14H16ClN3O. The van der Waals surface area contributed by atoms with E-state index in [1.807, 2.05) is 32.9 Å². The van der Waals surface area contributed by atoms with Crippen LogP contribution in [-0.4, -0.2) is 27.9 Å². The number of aliphatic imine (C=N–C) groups is 2. The molecule has 0 atom stereocenters. The first kappa shape index (κ1) is 13.8. The monoisotopic (exact) mass is 277 g/mol. The summed E-state index contributed by atoms with van der Waals surface area (Å²) in [5.41, 5.74) is 1.13. The highest BCUT2D eigenvalue weighted by Gasteiger charge is 2.18. The van der Waals surface area contributed by atoms with Gasteiger partial charge >= 0.3 is 0 Å². The second kappa shape index (κ2) is 5.15. The van der Waals surface area contributed by atoms with Gasteiger partial charge in [0.15, 0.2) is 5.84 Å². The average molecular weight is 278 g/mol. The van der Waals surface area contributed by atoms with Gasteiger partial charge in [-0.1, -0.05) is 11.6 Å². The molecule has 0 bridgehead atoms. The Balaban J connectivity index is 2.20. The van der Waals surface area contributed by atoms with Crippen LogP contribution in [0.5, 0.6) is 0 Å². The number of hydroxylamine groups is 2. The third-order valence-corrected chi connectivity index (χ3v) is 2.85. The lowest BCUT2D eigenvalue weighted by Crippen LogP contribution is -2.34. The SMILES string of the molecule is CC(C)(C)N(O)/C=C1\C=NC(c2ccc(Cl)cc2)=N1. The topological polar surface area (TPSA) is 48.2 Å². The maximum absolute atomic E-state index is 9.85. The molecule has 0 fully saturated rings. The molecule has 1 heterocycles. The van der Waals surface area contributed by atoms with E-state index < -0.39 is 0 Å². The molecule has 1 N–H and O–H groups in total. The van der Waals surface area contributed by atoms with Gasteiger partial charge in [0, 0.05) is 10.6 Å².